The van der Waals surface area contributed by atoms with E-state index in [2.05, 4.69) is 32.4 Å². The molecule has 2 heterocycles. The predicted molar refractivity (Wildman–Crippen MR) is 132 cm³/mol. The van der Waals surface area contributed by atoms with Gasteiger partial charge in [-0.05, 0) is 31.6 Å². The Balaban J connectivity index is 1.70. The summed E-state index contributed by atoms with van der Waals surface area (Å²) in [5, 5.41) is 10.5. The first-order valence-electron chi connectivity index (χ1n) is 12.1. The Bertz CT molecular complexity index is 1020. The molecule has 1 aliphatic carbocycles. The molecule has 12 heteroatoms. The van der Waals surface area contributed by atoms with Crippen molar-refractivity contribution in [1.82, 2.24) is 20.1 Å². The molecule has 1 amide bonds. The maximum atomic E-state index is 12.9. The summed E-state index contributed by atoms with van der Waals surface area (Å²) in [6, 6.07) is 1.60. The van der Waals surface area contributed by atoms with Gasteiger partial charge in [0, 0.05) is 31.9 Å². The van der Waals surface area contributed by atoms with Crippen LogP contribution >= 0.6 is 11.6 Å². The second-order valence-corrected chi connectivity index (χ2v) is 9.41. The molecule has 1 saturated carbocycles. The first kappa shape index (κ1) is 28.0. The van der Waals surface area contributed by atoms with E-state index >= 15 is 0 Å². The first-order valence-corrected chi connectivity index (χ1v) is 12.5. The van der Waals surface area contributed by atoms with E-state index < -0.39 is 12.8 Å². The number of carbonyl (C=O) groups excluding carboxylic acids is 1. The minimum Gasteiger partial charge on any atom is -0.496 e. The van der Waals surface area contributed by atoms with E-state index in [1.165, 1.54) is 26.1 Å². The maximum absolute atomic E-state index is 12.9. The number of hydrogen-bond donors (Lipinski definition) is 2. The van der Waals surface area contributed by atoms with Crippen LogP contribution in [-0.4, -0.2) is 60.3 Å². The van der Waals surface area contributed by atoms with Gasteiger partial charge in [-0.3, -0.25) is 9.48 Å². The van der Waals surface area contributed by atoms with Crippen molar-refractivity contribution in [3.05, 3.63) is 23.0 Å². The van der Waals surface area contributed by atoms with Gasteiger partial charge in [-0.25, -0.2) is 4.98 Å². The van der Waals surface area contributed by atoms with E-state index in [-0.39, 0.29) is 29.8 Å². The number of carbonyl (C=O) groups is 1. The van der Waals surface area contributed by atoms with Gasteiger partial charge in [0.25, 0.3) is 5.91 Å². The summed E-state index contributed by atoms with van der Waals surface area (Å²) in [4.78, 5) is 17.2. The first-order chi connectivity index (χ1) is 17.1. The smallest absolute Gasteiger partial charge is 0.411 e. The number of ether oxygens (including phenoxy) is 2. The fraction of sp³-hybridized carbons (Fsp3) is 0.625. The predicted octanol–water partition coefficient (Wildman–Crippen LogP) is 5.17. The molecule has 200 valence electrons. The third-order valence-electron chi connectivity index (χ3n) is 6.26. The molecule has 2 aromatic rings. The van der Waals surface area contributed by atoms with Crippen molar-refractivity contribution in [3.63, 3.8) is 0 Å². The highest BCUT2D eigenvalue weighted by atomic mass is 35.5. The van der Waals surface area contributed by atoms with Crippen molar-refractivity contribution in [2.75, 3.05) is 38.7 Å². The molecule has 36 heavy (non-hydrogen) atoms. The molecule has 2 N–H and O–H groups in total. The molecule has 2 aromatic heterocycles. The minimum atomic E-state index is -4.37. The number of anilines is 1. The Labute approximate surface area is 213 Å². The molecular weight excluding hydrogens is 499 g/mol. The van der Waals surface area contributed by atoms with Gasteiger partial charge in [-0.1, -0.05) is 31.4 Å². The van der Waals surface area contributed by atoms with E-state index in [4.69, 9.17) is 16.3 Å². The van der Waals surface area contributed by atoms with Crippen molar-refractivity contribution in [3.8, 4) is 17.0 Å². The van der Waals surface area contributed by atoms with Crippen LogP contribution in [0.3, 0.4) is 0 Å². The van der Waals surface area contributed by atoms with Crippen LogP contribution < -0.4 is 15.4 Å². The second kappa shape index (κ2) is 12.6. The van der Waals surface area contributed by atoms with Gasteiger partial charge in [-0.15, -0.1) is 0 Å². The Kier molecular flexibility index (Phi) is 9.84. The summed E-state index contributed by atoms with van der Waals surface area (Å²) in [7, 11) is 1.48. The Morgan fingerprint density at radius 3 is 2.64 bits per heavy atom. The van der Waals surface area contributed by atoms with Gasteiger partial charge in [0.15, 0.2) is 5.69 Å². The molecule has 0 atom stereocenters. The summed E-state index contributed by atoms with van der Waals surface area (Å²) in [6.45, 7) is 3.87. The number of hydrogen-bond acceptors (Lipinski definition) is 6. The van der Waals surface area contributed by atoms with Crippen molar-refractivity contribution in [2.45, 2.75) is 52.3 Å². The monoisotopic (exact) mass is 531 g/mol. The number of alkyl halides is 3. The topological polar surface area (TPSA) is 90.3 Å². The number of amides is 1. The zero-order valence-corrected chi connectivity index (χ0v) is 21.5. The van der Waals surface area contributed by atoms with E-state index in [9.17, 15) is 18.0 Å². The van der Waals surface area contributed by atoms with Gasteiger partial charge >= 0.3 is 6.18 Å². The van der Waals surface area contributed by atoms with Crippen molar-refractivity contribution in [2.24, 2.45) is 11.8 Å². The zero-order chi connectivity index (χ0) is 26.3. The van der Waals surface area contributed by atoms with Crippen molar-refractivity contribution in [1.29, 1.82) is 0 Å². The van der Waals surface area contributed by atoms with Crippen molar-refractivity contribution >= 4 is 23.3 Å². The highest BCUT2D eigenvalue weighted by Gasteiger charge is 2.28. The Morgan fingerprint density at radius 2 is 2.00 bits per heavy atom. The van der Waals surface area contributed by atoms with Gasteiger partial charge in [0.2, 0.25) is 0 Å². The lowest BCUT2D eigenvalue weighted by Crippen LogP contribution is -2.31. The van der Waals surface area contributed by atoms with E-state index in [1.54, 1.807) is 10.7 Å². The fourth-order valence-corrected chi connectivity index (χ4v) is 4.57. The molecule has 1 aliphatic rings. The van der Waals surface area contributed by atoms with Crippen LogP contribution in [0.2, 0.25) is 5.02 Å². The molecule has 0 saturated heterocycles. The van der Waals surface area contributed by atoms with Crippen LogP contribution in [0.1, 0.15) is 50.0 Å². The average molecular weight is 532 g/mol. The van der Waals surface area contributed by atoms with Crippen LogP contribution in [0.5, 0.6) is 5.75 Å². The van der Waals surface area contributed by atoms with Crippen LogP contribution in [0.4, 0.5) is 19.0 Å². The molecule has 1 fully saturated rings. The highest BCUT2D eigenvalue weighted by Crippen LogP contribution is 2.37. The molecular formula is C24H33ClF3N5O3. The molecule has 0 bridgehead atoms. The lowest BCUT2D eigenvalue weighted by Gasteiger charge is -2.26. The average Bonchev–Trinajstić information content (AvgIpc) is 3.18. The quantitative estimate of drug-likeness (QED) is 0.389. The third-order valence-corrected chi connectivity index (χ3v) is 6.61. The van der Waals surface area contributed by atoms with E-state index in [1.807, 2.05) is 6.92 Å². The number of halogens is 4. The lowest BCUT2D eigenvalue weighted by atomic mass is 9.83. The number of aromatic nitrogens is 3. The molecule has 0 unspecified atom stereocenters. The molecule has 0 aromatic carbocycles. The number of nitrogens with zero attached hydrogens (tertiary/aromatic N) is 3. The molecule has 0 radical (unpaired) electrons. The SMILES string of the molecule is CCn1nc(C(=O)NCC2CCC(C)CC2)c(Cl)c1-c1cnc(NCCOCC(F)(F)F)cc1OC. The van der Waals surface area contributed by atoms with Crippen LogP contribution in [0.15, 0.2) is 12.3 Å². The van der Waals surface area contributed by atoms with Gasteiger partial charge in [0.1, 0.15) is 18.2 Å². The summed E-state index contributed by atoms with van der Waals surface area (Å²) in [5.74, 6) is 1.69. The third kappa shape index (κ3) is 7.49. The Hall–Kier alpha value is -2.53. The van der Waals surface area contributed by atoms with E-state index in [0.717, 1.165) is 18.8 Å². The van der Waals surface area contributed by atoms with Crippen LogP contribution in [0.25, 0.3) is 11.3 Å². The van der Waals surface area contributed by atoms with Gasteiger partial charge < -0.3 is 20.1 Å². The largest absolute Gasteiger partial charge is 0.496 e. The standard InChI is InChI=1S/C24H33ClF3N5O3/c1-4-33-22(20(25)21(32-33)23(34)31-12-16-7-5-15(2)6-8-16)17-13-30-19(11-18(17)35-3)29-9-10-36-14-24(26,27)28/h11,13,15-16H,4-10,12,14H2,1-3H3,(H,29,30)(H,31,34). The highest BCUT2D eigenvalue weighted by molar-refractivity contribution is 6.36. The van der Waals surface area contributed by atoms with Gasteiger partial charge in [-0.2, -0.15) is 18.3 Å². The summed E-state index contributed by atoms with van der Waals surface area (Å²) in [5.41, 5.74) is 1.18. The van der Waals surface area contributed by atoms with Gasteiger partial charge in [0.05, 0.1) is 30.0 Å². The second-order valence-electron chi connectivity index (χ2n) is 9.03. The molecule has 8 nitrogen and oxygen atoms in total. The molecule has 3 rings (SSSR count). The Morgan fingerprint density at radius 1 is 1.28 bits per heavy atom. The minimum absolute atomic E-state index is 0.128. The summed E-state index contributed by atoms with van der Waals surface area (Å²) in [6.07, 6.45) is 1.71. The summed E-state index contributed by atoms with van der Waals surface area (Å²) >= 11 is 6.65. The van der Waals surface area contributed by atoms with E-state index in [0.29, 0.717) is 41.8 Å². The lowest BCUT2D eigenvalue weighted by molar-refractivity contribution is -0.172. The zero-order valence-electron chi connectivity index (χ0n) is 20.8. The maximum Gasteiger partial charge on any atom is 0.411 e. The van der Waals surface area contributed by atoms with Crippen LogP contribution in [-0.2, 0) is 11.3 Å². The number of aryl methyl sites for hydroxylation is 1. The number of pyridine rings is 1. The molecule has 0 spiro atoms. The normalized spacial score (nSPS) is 18.2. The number of nitrogens with one attached hydrogen (secondary N) is 2. The fourth-order valence-electron chi connectivity index (χ4n) is 4.24. The summed E-state index contributed by atoms with van der Waals surface area (Å²) < 4.78 is 48.3. The number of methoxy groups -OCH3 is 1. The van der Waals surface area contributed by atoms with Crippen molar-refractivity contribution < 1.29 is 27.4 Å². The van der Waals surface area contributed by atoms with Crippen LogP contribution in [0, 0.1) is 11.8 Å². The molecule has 0 aliphatic heterocycles. The number of rotatable bonds is 11.